The third-order valence-corrected chi connectivity index (χ3v) is 15.0. The molecule has 294 valence electrons. The SMILES string of the molecule is CC(C)NCCCNCCCCNCCCN[C@H]1CC[C@@]2(C)[C@H](C1)C[C@@H](O)[C@@H]1[C@@H]2CC[C@]2(C)[C@@H]([C@H](C)CC[C@@H](OS(C)(=O)=O)C(C)C)CC[C@@H]12. The lowest BCUT2D eigenvalue weighted by Gasteiger charge is -2.62. The highest BCUT2D eigenvalue weighted by molar-refractivity contribution is 7.86. The van der Waals surface area contributed by atoms with Crippen LogP contribution in [-0.2, 0) is 14.3 Å². The van der Waals surface area contributed by atoms with Gasteiger partial charge in [-0.3, -0.25) is 4.18 Å². The van der Waals surface area contributed by atoms with Crippen LogP contribution in [0.5, 0.6) is 0 Å². The minimum Gasteiger partial charge on any atom is -0.393 e. The van der Waals surface area contributed by atoms with Crippen molar-refractivity contribution >= 4 is 10.1 Å². The Kier molecular flexibility index (Phi) is 16.4. The molecule has 4 saturated carbocycles. The first-order valence-electron chi connectivity index (χ1n) is 21.1. The van der Waals surface area contributed by atoms with Gasteiger partial charge in [0.25, 0.3) is 10.1 Å². The first-order chi connectivity index (χ1) is 23.7. The lowest BCUT2D eigenvalue weighted by atomic mass is 9.43. The predicted octanol–water partition coefficient (Wildman–Crippen LogP) is 6.73. The van der Waals surface area contributed by atoms with Crippen LogP contribution in [0.25, 0.3) is 0 Å². The molecule has 0 amide bonds. The van der Waals surface area contributed by atoms with E-state index < -0.39 is 10.1 Å². The van der Waals surface area contributed by atoms with Crippen molar-refractivity contribution in [2.75, 3.05) is 45.5 Å². The van der Waals surface area contributed by atoms with E-state index in [-0.39, 0.29) is 23.5 Å². The molecule has 4 aliphatic carbocycles. The Morgan fingerprint density at radius 1 is 0.760 bits per heavy atom. The smallest absolute Gasteiger partial charge is 0.264 e. The molecule has 4 rings (SSSR count). The molecule has 4 aliphatic rings. The molecule has 0 aromatic heterocycles. The zero-order chi connectivity index (χ0) is 36.5. The van der Waals surface area contributed by atoms with Gasteiger partial charge < -0.3 is 26.4 Å². The van der Waals surface area contributed by atoms with Crippen molar-refractivity contribution in [2.45, 2.75) is 163 Å². The zero-order valence-corrected chi connectivity index (χ0v) is 34.4. The van der Waals surface area contributed by atoms with Crippen molar-refractivity contribution in [3.63, 3.8) is 0 Å². The molecule has 50 heavy (non-hydrogen) atoms. The van der Waals surface area contributed by atoms with Gasteiger partial charge in [0.1, 0.15) is 0 Å². The van der Waals surface area contributed by atoms with Gasteiger partial charge in [0.05, 0.1) is 18.5 Å². The van der Waals surface area contributed by atoms with Crippen molar-refractivity contribution in [1.82, 2.24) is 21.3 Å². The van der Waals surface area contributed by atoms with Gasteiger partial charge in [0.2, 0.25) is 0 Å². The quantitative estimate of drug-likeness (QED) is 0.0618. The lowest BCUT2D eigenvalue weighted by Crippen LogP contribution is -2.59. The van der Waals surface area contributed by atoms with E-state index in [4.69, 9.17) is 4.18 Å². The maximum atomic E-state index is 11.9. The molecule has 0 aliphatic heterocycles. The molecule has 5 N–H and O–H groups in total. The Balaban J connectivity index is 1.17. The third-order valence-electron chi connectivity index (χ3n) is 14.4. The first kappa shape index (κ1) is 42.5. The summed E-state index contributed by atoms with van der Waals surface area (Å²) in [6.07, 6.45) is 17.2. The van der Waals surface area contributed by atoms with Gasteiger partial charge in [-0.1, -0.05) is 48.5 Å². The fraction of sp³-hybridized carbons (Fsp3) is 1.00. The normalized spacial score (nSPS) is 35.5. The minimum absolute atomic E-state index is 0.174. The van der Waals surface area contributed by atoms with E-state index >= 15 is 0 Å². The molecule has 8 nitrogen and oxygen atoms in total. The Labute approximate surface area is 308 Å². The number of unbranched alkanes of at least 4 members (excludes halogenated alkanes) is 1. The third kappa shape index (κ3) is 11.4. The molecule has 0 bridgehead atoms. The maximum absolute atomic E-state index is 11.9. The van der Waals surface area contributed by atoms with Crippen molar-refractivity contribution < 1.29 is 17.7 Å². The fourth-order valence-electron chi connectivity index (χ4n) is 11.6. The Morgan fingerprint density at radius 2 is 1.38 bits per heavy atom. The molecule has 4 fully saturated rings. The van der Waals surface area contributed by atoms with Gasteiger partial charge in [0.15, 0.2) is 0 Å². The van der Waals surface area contributed by atoms with Crippen molar-refractivity contribution in [1.29, 1.82) is 0 Å². The molecule has 0 spiro atoms. The number of aliphatic hydroxyl groups excluding tert-OH is 1. The second kappa shape index (κ2) is 19.3. The topological polar surface area (TPSA) is 112 Å². The van der Waals surface area contributed by atoms with Gasteiger partial charge in [-0.05, 0) is 181 Å². The number of hydrogen-bond donors (Lipinski definition) is 5. The highest BCUT2D eigenvalue weighted by Crippen LogP contribution is 2.68. The Morgan fingerprint density at radius 3 is 2.02 bits per heavy atom. The molecule has 0 radical (unpaired) electrons. The number of hydrogen-bond acceptors (Lipinski definition) is 8. The lowest BCUT2D eigenvalue weighted by molar-refractivity contribution is -0.167. The second-order valence-electron chi connectivity index (χ2n) is 18.6. The van der Waals surface area contributed by atoms with E-state index in [0.717, 1.165) is 58.5 Å². The second-order valence-corrected chi connectivity index (χ2v) is 20.2. The summed E-state index contributed by atoms with van der Waals surface area (Å²) in [4.78, 5) is 0. The van der Waals surface area contributed by atoms with Gasteiger partial charge in [-0.15, -0.1) is 0 Å². The molecule has 0 aromatic carbocycles. The van der Waals surface area contributed by atoms with E-state index in [1.165, 1.54) is 76.9 Å². The summed E-state index contributed by atoms with van der Waals surface area (Å²) in [5.41, 5.74) is 0.617. The van der Waals surface area contributed by atoms with Crippen molar-refractivity contribution in [3.05, 3.63) is 0 Å². The average Bonchev–Trinajstić information content (AvgIpc) is 3.40. The van der Waals surface area contributed by atoms with E-state index in [9.17, 15) is 13.5 Å². The number of rotatable bonds is 22. The van der Waals surface area contributed by atoms with Crippen LogP contribution in [0.15, 0.2) is 0 Å². The zero-order valence-electron chi connectivity index (χ0n) is 33.6. The van der Waals surface area contributed by atoms with Gasteiger partial charge in [-0.25, -0.2) is 0 Å². The molecule has 0 heterocycles. The molecule has 9 heteroatoms. The van der Waals surface area contributed by atoms with Crippen LogP contribution >= 0.6 is 0 Å². The van der Waals surface area contributed by atoms with Gasteiger partial charge >= 0.3 is 0 Å². The Bertz CT molecular complexity index is 1110. The molecule has 0 saturated heterocycles. The van der Waals surface area contributed by atoms with Gasteiger partial charge in [-0.2, -0.15) is 8.42 Å². The summed E-state index contributed by atoms with van der Waals surface area (Å²) < 4.78 is 29.3. The van der Waals surface area contributed by atoms with E-state index in [1.807, 2.05) is 0 Å². The first-order valence-corrected chi connectivity index (χ1v) is 22.9. The summed E-state index contributed by atoms with van der Waals surface area (Å²) >= 11 is 0. The van der Waals surface area contributed by atoms with Crippen LogP contribution in [0.4, 0.5) is 0 Å². The van der Waals surface area contributed by atoms with Crippen LogP contribution in [0, 0.1) is 52.3 Å². The number of nitrogens with one attached hydrogen (secondary N) is 4. The number of fused-ring (bicyclic) bond motifs is 5. The maximum Gasteiger partial charge on any atom is 0.264 e. The summed E-state index contributed by atoms with van der Waals surface area (Å²) in [6, 6.07) is 1.17. The fourth-order valence-corrected chi connectivity index (χ4v) is 12.4. The standard InChI is InChI=1S/C41H80N4O4S/c1-29(2)38(49-50(8,47)48)16-13-31(5)34-14-15-35-39-36(18-20-41(34,35)7)40(6)19-17-33(27-32(40)28-37(39)46)45-26-12-24-43-22-10-9-21-42-23-11-25-44-30(3)4/h29-39,42-46H,9-28H2,1-8H3/t31-,32-,33+,34-,35+,36+,37-,38-,39+,40+,41-/m1/s1. The molecular weight excluding hydrogens is 645 g/mol. The van der Waals surface area contributed by atoms with Crippen molar-refractivity contribution in [3.8, 4) is 0 Å². The van der Waals surface area contributed by atoms with Crippen molar-refractivity contribution in [2.24, 2.45) is 52.3 Å². The summed E-state index contributed by atoms with van der Waals surface area (Å²) in [5.74, 6) is 3.63. The monoisotopic (exact) mass is 725 g/mol. The largest absolute Gasteiger partial charge is 0.393 e. The van der Waals surface area contributed by atoms with Crippen LogP contribution in [0.3, 0.4) is 0 Å². The van der Waals surface area contributed by atoms with E-state index in [1.54, 1.807) is 0 Å². The van der Waals surface area contributed by atoms with E-state index in [2.05, 4.69) is 69.7 Å². The molecule has 11 atom stereocenters. The molecular formula is C41H80N4O4S. The van der Waals surface area contributed by atoms with Crippen LogP contribution in [0.1, 0.15) is 138 Å². The molecule has 0 aromatic rings. The Hall–Kier alpha value is -0.290. The highest BCUT2D eigenvalue weighted by Gasteiger charge is 2.62. The molecule has 0 unspecified atom stereocenters. The van der Waals surface area contributed by atoms with Gasteiger partial charge in [0, 0.05) is 12.1 Å². The van der Waals surface area contributed by atoms with Crippen LogP contribution < -0.4 is 21.3 Å². The number of aliphatic hydroxyl groups is 1. The highest BCUT2D eigenvalue weighted by atomic mass is 32.2. The average molecular weight is 725 g/mol. The predicted molar refractivity (Wildman–Crippen MR) is 209 cm³/mol. The minimum atomic E-state index is -3.46. The van der Waals surface area contributed by atoms with E-state index in [0.29, 0.717) is 53.0 Å². The summed E-state index contributed by atoms with van der Waals surface area (Å²) in [7, 11) is -3.46. The summed E-state index contributed by atoms with van der Waals surface area (Å²) in [5, 5.41) is 26.5. The van der Waals surface area contributed by atoms with Crippen LogP contribution in [-0.4, -0.2) is 83.3 Å². The van der Waals surface area contributed by atoms with Crippen LogP contribution in [0.2, 0.25) is 0 Å². The summed E-state index contributed by atoms with van der Waals surface area (Å²) in [6.45, 7) is 22.7.